The van der Waals surface area contributed by atoms with Gasteiger partial charge < -0.3 is 20.5 Å². The fourth-order valence-corrected chi connectivity index (χ4v) is 2.13. The largest absolute Gasteiger partial charge is 0.497 e. The Hall–Kier alpha value is -2.27. The molecule has 5 heteroatoms. The molecule has 2 rings (SSSR count). The van der Waals surface area contributed by atoms with E-state index in [0.717, 1.165) is 28.3 Å². The summed E-state index contributed by atoms with van der Waals surface area (Å²) in [4.78, 5) is 0.356. The van der Waals surface area contributed by atoms with Crippen molar-refractivity contribution in [2.75, 3.05) is 19.5 Å². The van der Waals surface area contributed by atoms with E-state index >= 15 is 0 Å². The maximum absolute atomic E-state index is 5.75. The monoisotopic (exact) mass is 302 g/mol. The van der Waals surface area contributed by atoms with Gasteiger partial charge >= 0.3 is 0 Å². The van der Waals surface area contributed by atoms with E-state index in [2.05, 4.69) is 5.32 Å². The number of ether oxygens (including phenoxy) is 2. The first-order chi connectivity index (χ1) is 10.1. The first-order valence-electron chi connectivity index (χ1n) is 6.48. The molecule has 3 N–H and O–H groups in total. The topological polar surface area (TPSA) is 56.5 Å². The Labute approximate surface area is 129 Å². The number of thiocarbonyl (C=S) groups is 1. The predicted molar refractivity (Wildman–Crippen MR) is 89.2 cm³/mol. The lowest BCUT2D eigenvalue weighted by Crippen LogP contribution is -2.13. The normalized spacial score (nSPS) is 10.0. The molecule has 0 unspecified atom stereocenters. The van der Waals surface area contributed by atoms with Gasteiger partial charge in [0.2, 0.25) is 0 Å². The van der Waals surface area contributed by atoms with Crippen LogP contribution in [0.15, 0.2) is 42.5 Å². The van der Waals surface area contributed by atoms with E-state index in [0.29, 0.717) is 11.5 Å². The molecule has 0 heterocycles. The minimum absolute atomic E-state index is 0.356. The summed E-state index contributed by atoms with van der Waals surface area (Å²) in [5, 5.41) is 3.33. The molecule has 4 nitrogen and oxygen atoms in total. The summed E-state index contributed by atoms with van der Waals surface area (Å²) in [5.74, 6) is 1.59. The van der Waals surface area contributed by atoms with Gasteiger partial charge in [-0.1, -0.05) is 24.4 Å². The van der Waals surface area contributed by atoms with Crippen molar-refractivity contribution >= 4 is 22.9 Å². The third kappa shape index (κ3) is 3.86. The van der Waals surface area contributed by atoms with E-state index in [1.807, 2.05) is 42.5 Å². The Balaban J connectivity index is 2.15. The van der Waals surface area contributed by atoms with Gasteiger partial charge in [-0.25, -0.2) is 0 Å². The zero-order chi connectivity index (χ0) is 15.2. The predicted octanol–water partition coefficient (Wildman–Crippen LogP) is 2.95. The molecule has 0 amide bonds. The average molecular weight is 302 g/mol. The first kappa shape index (κ1) is 15.1. The van der Waals surface area contributed by atoms with Crippen LogP contribution in [-0.2, 0) is 6.54 Å². The smallest absolute Gasteiger partial charge is 0.120 e. The molecule has 0 aromatic heterocycles. The van der Waals surface area contributed by atoms with E-state index in [1.54, 1.807) is 14.2 Å². The van der Waals surface area contributed by atoms with Gasteiger partial charge in [0.05, 0.1) is 14.2 Å². The van der Waals surface area contributed by atoms with Crippen LogP contribution in [0.4, 0.5) is 5.69 Å². The molecule has 0 saturated heterocycles. The van der Waals surface area contributed by atoms with Gasteiger partial charge in [-0.3, -0.25) is 0 Å². The van der Waals surface area contributed by atoms with Crippen LogP contribution < -0.4 is 20.5 Å². The maximum Gasteiger partial charge on any atom is 0.120 e. The number of anilines is 1. The van der Waals surface area contributed by atoms with Crippen LogP contribution in [0.5, 0.6) is 11.5 Å². The Morgan fingerprint density at radius 2 is 1.67 bits per heavy atom. The fraction of sp³-hybridized carbons (Fsp3) is 0.188. The molecule has 0 spiro atoms. The summed E-state index contributed by atoms with van der Waals surface area (Å²) < 4.78 is 10.4. The van der Waals surface area contributed by atoms with Gasteiger partial charge in [-0.15, -0.1) is 0 Å². The van der Waals surface area contributed by atoms with Crippen LogP contribution in [0.25, 0.3) is 0 Å². The van der Waals surface area contributed by atoms with Crippen LogP contribution in [0.3, 0.4) is 0 Å². The van der Waals surface area contributed by atoms with Crippen molar-refractivity contribution in [2.45, 2.75) is 6.54 Å². The van der Waals surface area contributed by atoms with Crippen LogP contribution >= 0.6 is 12.2 Å². The number of hydrogen-bond acceptors (Lipinski definition) is 4. The van der Waals surface area contributed by atoms with E-state index < -0.39 is 0 Å². The number of benzene rings is 2. The number of nitrogens with one attached hydrogen (secondary N) is 1. The van der Waals surface area contributed by atoms with Crippen molar-refractivity contribution in [3.05, 3.63) is 53.6 Å². The lowest BCUT2D eigenvalue weighted by molar-refractivity contribution is 0.414. The highest BCUT2D eigenvalue weighted by Gasteiger charge is 2.07. The van der Waals surface area contributed by atoms with Gasteiger partial charge in [0.1, 0.15) is 16.5 Å². The summed E-state index contributed by atoms with van der Waals surface area (Å²) in [6.07, 6.45) is 0. The first-order valence-corrected chi connectivity index (χ1v) is 6.89. The Kier molecular flexibility index (Phi) is 5.00. The highest BCUT2D eigenvalue weighted by Crippen LogP contribution is 2.23. The molecule has 0 saturated carbocycles. The summed E-state index contributed by atoms with van der Waals surface area (Å²) in [6, 6.07) is 13.5. The molecule has 0 fully saturated rings. The van der Waals surface area contributed by atoms with Crippen molar-refractivity contribution in [1.29, 1.82) is 0 Å². The van der Waals surface area contributed by atoms with Gasteiger partial charge in [0.15, 0.2) is 0 Å². The van der Waals surface area contributed by atoms with E-state index in [4.69, 9.17) is 27.4 Å². The third-order valence-electron chi connectivity index (χ3n) is 3.13. The molecule has 21 heavy (non-hydrogen) atoms. The van der Waals surface area contributed by atoms with E-state index in [9.17, 15) is 0 Å². The molecule has 2 aromatic carbocycles. The Morgan fingerprint density at radius 3 is 2.24 bits per heavy atom. The van der Waals surface area contributed by atoms with Crippen LogP contribution in [0.2, 0.25) is 0 Å². The summed E-state index contributed by atoms with van der Waals surface area (Å²) in [7, 11) is 3.28. The molecule has 0 aliphatic rings. The van der Waals surface area contributed by atoms with E-state index in [-0.39, 0.29) is 0 Å². The molecule has 110 valence electrons. The van der Waals surface area contributed by atoms with Crippen LogP contribution in [0.1, 0.15) is 11.1 Å². The molecule has 2 aromatic rings. The second-order valence-electron chi connectivity index (χ2n) is 4.48. The van der Waals surface area contributed by atoms with Gasteiger partial charge in [0.25, 0.3) is 0 Å². The zero-order valence-electron chi connectivity index (χ0n) is 12.1. The highest BCUT2D eigenvalue weighted by atomic mass is 32.1. The Bertz CT molecular complexity index is 627. The molecular formula is C16H18N2O2S. The quantitative estimate of drug-likeness (QED) is 0.804. The van der Waals surface area contributed by atoms with Gasteiger partial charge in [-0.05, 0) is 29.8 Å². The van der Waals surface area contributed by atoms with Crippen molar-refractivity contribution in [2.24, 2.45) is 5.73 Å². The lowest BCUT2D eigenvalue weighted by Gasteiger charge is -2.13. The molecule has 0 aliphatic heterocycles. The maximum atomic E-state index is 5.75. The van der Waals surface area contributed by atoms with Crippen molar-refractivity contribution < 1.29 is 9.47 Å². The number of nitrogens with two attached hydrogens (primary N) is 1. The number of methoxy groups -OCH3 is 2. The zero-order valence-corrected chi connectivity index (χ0v) is 12.9. The van der Waals surface area contributed by atoms with Crippen molar-refractivity contribution in [3.63, 3.8) is 0 Å². The summed E-state index contributed by atoms with van der Waals surface area (Å²) in [6.45, 7) is 0.659. The molecule has 0 aliphatic carbocycles. The fourth-order valence-electron chi connectivity index (χ4n) is 1.95. The third-order valence-corrected chi connectivity index (χ3v) is 3.35. The molecule has 0 atom stereocenters. The van der Waals surface area contributed by atoms with Crippen LogP contribution in [-0.4, -0.2) is 19.2 Å². The standard InChI is InChI=1S/C16H18N2O2S/c1-19-12-5-3-11(4-6-12)10-18-15-9-13(20-2)7-8-14(15)16(17)21/h3-9,18H,10H2,1-2H3,(H2,17,21). The Morgan fingerprint density at radius 1 is 1.05 bits per heavy atom. The molecular weight excluding hydrogens is 284 g/mol. The minimum Gasteiger partial charge on any atom is -0.497 e. The van der Waals surface area contributed by atoms with Gasteiger partial charge in [-0.2, -0.15) is 0 Å². The average Bonchev–Trinajstić information content (AvgIpc) is 2.52. The number of rotatable bonds is 6. The second kappa shape index (κ2) is 6.95. The van der Waals surface area contributed by atoms with Crippen molar-refractivity contribution in [3.8, 4) is 11.5 Å². The SMILES string of the molecule is COc1ccc(CNc2cc(OC)ccc2C(N)=S)cc1. The van der Waals surface area contributed by atoms with E-state index in [1.165, 1.54) is 0 Å². The molecule has 0 bridgehead atoms. The van der Waals surface area contributed by atoms with Crippen molar-refractivity contribution in [1.82, 2.24) is 0 Å². The number of hydrogen-bond donors (Lipinski definition) is 2. The van der Waals surface area contributed by atoms with Crippen LogP contribution in [0, 0.1) is 0 Å². The van der Waals surface area contributed by atoms with Gasteiger partial charge in [0, 0.05) is 23.9 Å². The highest BCUT2D eigenvalue weighted by molar-refractivity contribution is 7.80. The lowest BCUT2D eigenvalue weighted by atomic mass is 10.1. The summed E-state index contributed by atoms with van der Waals surface area (Å²) >= 11 is 5.07. The second-order valence-corrected chi connectivity index (χ2v) is 4.92. The summed E-state index contributed by atoms with van der Waals surface area (Å²) in [5.41, 5.74) is 8.54. The minimum atomic E-state index is 0.356. The molecule has 0 radical (unpaired) electrons.